The highest BCUT2D eigenvalue weighted by atomic mass is 35.5. The van der Waals surface area contributed by atoms with Crippen LogP contribution in [-0.4, -0.2) is 67.6 Å². The summed E-state index contributed by atoms with van der Waals surface area (Å²) in [6.07, 6.45) is 3.74. The molecule has 2 aliphatic rings. The van der Waals surface area contributed by atoms with Gasteiger partial charge >= 0.3 is 0 Å². The molecule has 1 aromatic rings. The lowest BCUT2D eigenvalue weighted by atomic mass is 9.97. The van der Waals surface area contributed by atoms with Crippen molar-refractivity contribution in [1.82, 2.24) is 14.5 Å². The molecule has 6 nitrogen and oxygen atoms in total. The number of hydrogen-bond donors (Lipinski definition) is 1. The van der Waals surface area contributed by atoms with Gasteiger partial charge in [-0.25, -0.2) is 13.1 Å². The summed E-state index contributed by atoms with van der Waals surface area (Å²) in [6.45, 7) is 7.11. The highest BCUT2D eigenvalue weighted by Crippen LogP contribution is 2.24. The first-order valence-electron chi connectivity index (χ1n) is 10.0. The zero-order chi connectivity index (χ0) is 20.3. The van der Waals surface area contributed by atoms with Crippen molar-refractivity contribution in [3.63, 3.8) is 0 Å². The van der Waals surface area contributed by atoms with Crippen LogP contribution in [-0.2, 0) is 21.2 Å². The van der Waals surface area contributed by atoms with Crippen LogP contribution in [0.3, 0.4) is 0 Å². The van der Waals surface area contributed by atoms with Gasteiger partial charge in [0.1, 0.15) is 6.04 Å². The van der Waals surface area contributed by atoms with E-state index >= 15 is 0 Å². The van der Waals surface area contributed by atoms with Crippen LogP contribution in [0.15, 0.2) is 12.1 Å². The van der Waals surface area contributed by atoms with Crippen molar-refractivity contribution in [3.8, 4) is 0 Å². The molecular formula is C19H30ClN3O3S2. The number of sulfonamides is 1. The molecule has 2 aliphatic heterocycles. The van der Waals surface area contributed by atoms with Crippen molar-refractivity contribution in [1.29, 1.82) is 0 Å². The lowest BCUT2D eigenvalue weighted by Crippen LogP contribution is -2.57. The molecule has 0 spiro atoms. The average Bonchev–Trinajstić information content (AvgIpc) is 3.07. The van der Waals surface area contributed by atoms with Gasteiger partial charge in [0, 0.05) is 36.6 Å². The van der Waals surface area contributed by atoms with E-state index in [-0.39, 0.29) is 17.7 Å². The SMILES string of the molecule is CC(C)N1CCC(N2CCC[C@H](NS(=O)(=O)CCc3ccc(Cl)s3)C2=O)CC1. The monoisotopic (exact) mass is 447 g/mol. The van der Waals surface area contributed by atoms with Crippen LogP contribution in [0.25, 0.3) is 0 Å². The predicted octanol–water partition coefficient (Wildman–Crippen LogP) is 2.73. The summed E-state index contributed by atoms with van der Waals surface area (Å²) in [5.74, 6) is -0.0857. The van der Waals surface area contributed by atoms with Crippen LogP contribution in [0.5, 0.6) is 0 Å². The number of piperidine rings is 2. The topological polar surface area (TPSA) is 69.7 Å². The third-order valence-corrected chi connectivity index (χ3v) is 8.39. The fraction of sp³-hybridized carbons (Fsp3) is 0.737. The Morgan fingerprint density at radius 3 is 2.54 bits per heavy atom. The third-order valence-electron chi connectivity index (χ3n) is 5.71. The Balaban J connectivity index is 1.55. The smallest absolute Gasteiger partial charge is 0.240 e. The fourth-order valence-corrected chi connectivity index (χ4v) is 6.56. The predicted molar refractivity (Wildman–Crippen MR) is 114 cm³/mol. The van der Waals surface area contributed by atoms with Gasteiger partial charge < -0.3 is 9.80 Å². The van der Waals surface area contributed by atoms with Crippen LogP contribution in [0.2, 0.25) is 4.34 Å². The van der Waals surface area contributed by atoms with Crippen LogP contribution in [0.1, 0.15) is 44.4 Å². The Labute approximate surface area is 177 Å². The van der Waals surface area contributed by atoms with Gasteiger partial charge in [-0.05, 0) is 58.1 Å². The molecule has 1 aromatic heterocycles. The number of carbonyl (C=O) groups excluding carboxylic acids is 1. The minimum absolute atomic E-state index is 0.0274. The molecule has 0 aliphatic carbocycles. The van der Waals surface area contributed by atoms with Crippen LogP contribution in [0.4, 0.5) is 0 Å². The van der Waals surface area contributed by atoms with E-state index in [0.29, 0.717) is 23.2 Å². The number of rotatable bonds is 7. The van der Waals surface area contributed by atoms with Crippen LogP contribution >= 0.6 is 22.9 Å². The standard InChI is InChI=1S/C19H30ClN3O3S2/c1-14(2)22-11-7-15(8-12-22)23-10-3-4-17(19(23)24)21-28(25,26)13-9-16-5-6-18(20)27-16/h5-6,14-15,17,21H,3-4,7-13H2,1-2H3/t17-/m0/s1. The first-order chi connectivity index (χ1) is 13.2. The molecule has 0 saturated carbocycles. The normalized spacial score (nSPS) is 22.9. The highest BCUT2D eigenvalue weighted by Gasteiger charge is 2.36. The van der Waals surface area contributed by atoms with Gasteiger partial charge in [-0.1, -0.05) is 11.6 Å². The van der Waals surface area contributed by atoms with E-state index in [2.05, 4.69) is 23.5 Å². The van der Waals surface area contributed by atoms with Crippen molar-refractivity contribution >= 4 is 38.9 Å². The molecule has 2 fully saturated rings. The molecule has 158 valence electrons. The quantitative estimate of drug-likeness (QED) is 0.697. The summed E-state index contributed by atoms with van der Waals surface area (Å²) >= 11 is 7.29. The molecule has 1 N–H and O–H groups in total. The maximum Gasteiger partial charge on any atom is 0.240 e. The number of carbonyl (C=O) groups is 1. The van der Waals surface area contributed by atoms with Crippen molar-refractivity contribution in [2.45, 2.75) is 64.1 Å². The maximum atomic E-state index is 13.0. The number of likely N-dealkylation sites (tertiary alicyclic amines) is 2. The second-order valence-corrected chi connectivity index (χ2v) is 11.7. The number of aryl methyl sites for hydroxylation is 1. The Bertz CT molecular complexity index is 773. The molecule has 28 heavy (non-hydrogen) atoms. The molecule has 0 unspecified atom stereocenters. The number of amides is 1. The number of thiophene rings is 1. The van der Waals surface area contributed by atoms with E-state index in [1.165, 1.54) is 11.3 Å². The zero-order valence-electron chi connectivity index (χ0n) is 16.6. The largest absolute Gasteiger partial charge is 0.338 e. The van der Waals surface area contributed by atoms with Gasteiger partial charge in [0.15, 0.2) is 0 Å². The summed E-state index contributed by atoms with van der Waals surface area (Å²) in [5.41, 5.74) is 0. The van der Waals surface area contributed by atoms with Gasteiger partial charge in [-0.3, -0.25) is 4.79 Å². The fourth-order valence-electron chi connectivity index (χ4n) is 4.08. The third kappa shape index (κ3) is 5.69. The van der Waals surface area contributed by atoms with E-state index in [1.807, 2.05) is 11.0 Å². The minimum Gasteiger partial charge on any atom is -0.338 e. The minimum atomic E-state index is -3.52. The second kappa shape index (κ2) is 9.43. The lowest BCUT2D eigenvalue weighted by molar-refractivity contribution is -0.139. The summed E-state index contributed by atoms with van der Waals surface area (Å²) in [6, 6.07) is 3.74. The number of halogens is 1. The van der Waals surface area contributed by atoms with E-state index in [9.17, 15) is 13.2 Å². The molecular weight excluding hydrogens is 418 g/mol. The average molecular weight is 448 g/mol. The van der Waals surface area contributed by atoms with Gasteiger partial charge in [-0.2, -0.15) is 0 Å². The second-order valence-electron chi connectivity index (χ2n) is 7.98. The van der Waals surface area contributed by atoms with Crippen molar-refractivity contribution in [3.05, 3.63) is 21.3 Å². The van der Waals surface area contributed by atoms with E-state index in [0.717, 1.165) is 43.8 Å². The van der Waals surface area contributed by atoms with Crippen LogP contribution in [0, 0.1) is 0 Å². The number of nitrogens with zero attached hydrogens (tertiary/aromatic N) is 2. The maximum absolute atomic E-state index is 13.0. The Morgan fingerprint density at radius 1 is 1.21 bits per heavy atom. The van der Waals surface area contributed by atoms with Crippen molar-refractivity contribution < 1.29 is 13.2 Å². The summed E-state index contributed by atoms with van der Waals surface area (Å²) in [7, 11) is -3.52. The Kier molecular flexibility index (Phi) is 7.42. The lowest BCUT2D eigenvalue weighted by Gasteiger charge is -2.43. The van der Waals surface area contributed by atoms with Crippen molar-refractivity contribution in [2.24, 2.45) is 0 Å². The summed E-state index contributed by atoms with van der Waals surface area (Å²) in [4.78, 5) is 18.3. The van der Waals surface area contributed by atoms with Crippen LogP contribution < -0.4 is 4.72 Å². The van der Waals surface area contributed by atoms with Gasteiger partial charge in [0.2, 0.25) is 15.9 Å². The molecule has 3 rings (SSSR count). The summed E-state index contributed by atoms with van der Waals surface area (Å²) in [5, 5.41) is 0. The van der Waals surface area contributed by atoms with E-state index in [4.69, 9.17) is 11.6 Å². The first kappa shape index (κ1) is 22.0. The first-order valence-corrected chi connectivity index (χ1v) is 12.9. The Morgan fingerprint density at radius 2 is 1.93 bits per heavy atom. The number of nitrogens with one attached hydrogen (secondary N) is 1. The molecule has 3 heterocycles. The van der Waals surface area contributed by atoms with E-state index < -0.39 is 16.1 Å². The molecule has 0 radical (unpaired) electrons. The zero-order valence-corrected chi connectivity index (χ0v) is 19.0. The van der Waals surface area contributed by atoms with Crippen molar-refractivity contribution in [2.75, 3.05) is 25.4 Å². The molecule has 9 heteroatoms. The molecule has 0 aromatic carbocycles. The van der Waals surface area contributed by atoms with Gasteiger partial charge in [-0.15, -0.1) is 11.3 Å². The molecule has 2 saturated heterocycles. The Hall–Kier alpha value is -0.670. The number of hydrogen-bond acceptors (Lipinski definition) is 5. The molecule has 1 amide bonds. The van der Waals surface area contributed by atoms with Gasteiger partial charge in [0.25, 0.3) is 0 Å². The highest BCUT2D eigenvalue weighted by molar-refractivity contribution is 7.89. The van der Waals surface area contributed by atoms with Gasteiger partial charge in [0.05, 0.1) is 10.1 Å². The molecule has 0 bridgehead atoms. The van der Waals surface area contributed by atoms with E-state index in [1.54, 1.807) is 6.07 Å². The summed E-state index contributed by atoms with van der Waals surface area (Å²) < 4.78 is 28.3. The molecule has 1 atom stereocenters.